The van der Waals surface area contributed by atoms with Crippen LogP contribution in [0.3, 0.4) is 0 Å². The molecule has 2 rings (SSSR count). The molecule has 4 heteroatoms. The SMILES string of the molecule is O=C(Cc1ccc(Cl)cc1)c1cccc(Cl)c1F. The molecule has 0 bridgehead atoms. The Kier molecular flexibility index (Phi) is 4.00. The maximum absolute atomic E-state index is 13.6. The van der Waals surface area contributed by atoms with Crippen molar-refractivity contribution < 1.29 is 9.18 Å². The Balaban J connectivity index is 2.22. The average molecular weight is 283 g/mol. The first-order valence-electron chi connectivity index (χ1n) is 5.29. The molecule has 92 valence electrons. The lowest BCUT2D eigenvalue weighted by Crippen LogP contribution is -2.06. The van der Waals surface area contributed by atoms with Crippen molar-refractivity contribution in [1.29, 1.82) is 0 Å². The molecule has 0 amide bonds. The summed E-state index contributed by atoms with van der Waals surface area (Å²) in [6, 6.07) is 11.3. The third-order valence-electron chi connectivity index (χ3n) is 2.53. The summed E-state index contributed by atoms with van der Waals surface area (Å²) in [5.41, 5.74) is 0.793. The summed E-state index contributed by atoms with van der Waals surface area (Å²) in [6.07, 6.45) is 0.119. The summed E-state index contributed by atoms with van der Waals surface area (Å²) in [7, 11) is 0. The molecule has 0 spiro atoms. The molecule has 18 heavy (non-hydrogen) atoms. The fraction of sp³-hybridized carbons (Fsp3) is 0.0714. The van der Waals surface area contributed by atoms with E-state index in [0.717, 1.165) is 5.56 Å². The highest BCUT2D eigenvalue weighted by molar-refractivity contribution is 6.31. The first-order chi connectivity index (χ1) is 8.58. The highest BCUT2D eigenvalue weighted by Gasteiger charge is 2.14. The van der Waals surface area contributed by atoms with Crippen LogP contribution in [-0.4, -0.2) is 5.78 Å². The van der Waals surface area contributed by atoms with Crippen molar-refractivity contribution in [3.05, 3.63) is 69.5 Å². The number of hydrogen-bond donors (Lipinski definition) is 0. The van der Waals surface area contributed by atoms with Crippen molar-refractivity contribution in [3.63, 3.8) is 0 Å². The van der Waals surface area contributed by atoms with Crippen LogP contribution >= 0.6 is 23.2 Å². The molecule has 0 fully saturated rings. The van der Waals surface area contributed by atoms with Crippen molar-refractivity contribution in [1.82, 2.24) is 0 Å². The van der Waals surface area contributed by atoms with Gasteiger partial charge in [-0.3, -0.25) is 4.79 Å². The number of Topliss-reactive ketones (excluding diaryl/α,β-unsaturated/α-hetero) is 1. The molecule has 0 aromatic heterocycles. The monoisotopic (exact) mass is 282 g/mol. The van der Waals surface area contributed by atoms with Gasteiger partial charge in [-0.15, -0.1) is 0 Å². The third kappa shape index (κ3) is 2.89. The van der Waals surface area contributed by atoms with Gasteiger partial charge >= 0.3 is 0 Å². The Hall–Kier alpha value is -1.38. The van der Waals surface area contributed by atoms with Gasteiger partial charge in [0.25, 0.3) is 0 Å². The van der Waals surface area contributed by atoms with E-state index in [1.54, 1.807) is 30.3 Å². The summed E-state index contributed by atoms with van der Waals surface area (Å²) in [5, 5.41) is 0.553. The van der Waals surface area contributed by atoms with E-state index in [1.165, 1.54) is 12.1 Å². The fourth-order valence-electron chi connectivity index (χ4n) is 1.60. The van der Waals surface area contributed by atoms with Crippen LogP contribution in [0.25, 0.3) is 0 Å². The number of ketones is 1. The Morgan fingerprint density at radius 3 is 2.39 bits per heavy atom. The average Bonchev–Trinajstić information content (AvgIpc) is 2.35. The van der Waals surface area contributed by atoms with Crippen molar-refractivity contribution >= 4 is 29.0 Å². The van der Waals surface area contributed by atoms with E-state index in [4.69, 9.17) is 23.2 Å². The number of rotatable bonds is 3. The highest BCUT2D eigenvalue weighted by Crippen LogP contribution is 2.20. The predicted octanol–water partition coefficient (Wildman–Crippen LogP) is 4.56. The Morgan fingerprint density at radius 2 is 1.72 bits per heavy atom. The zero-order valence-corrected chi connectivity index (χ0v) is 10.8. The van der Waals surface area contributed by atoms with Crippen LogP contribution in [0, 0.1) is 5.82 Å². The van der Waals surface area contributed by atoms with Crippen molar-refractivity contribution in [3.8, 4) is 0 Å². The number of carbonyl (C=O) groups is 1. The Morgan fingerprint density at radius 1 is 1.06 bits per heavy atom. The van der Waals surface area contributed by atoms with E-state index in [9.17, 15) is 9.18 Å². The lowest BCUT2D eigenvalue weighted by Gasteiger charge is -2.04. The molecule has 0 N–H and O–H groups in total. The minimum absolute atomic E-state index is 0.0115. The van der Waals surface area contributed by atoms with Gasteiger partial charge in [0, 0.05) is 11.4 Å². The first-order valence-corrected chi connectivity index (χ1v) is 6.05. The molecule has 0 saturated carbocycles. The van der Waals surface area contributed by atoms with Gasteiger partial charge in [0.2, 0.25) is 0 Å². The van der Waals surface area contributed by atoms with Gasteiger partial charge in [-0.1, -0.05) is 41.4 Å². The molecule has 0 aliphatic rings. The summed E-state index contributed by atoms with van der Waals surface area (Å²) >= 11 is 11.4. The quantitative estimate of drug-likeness (QED) is 0.755. The molecular formula is C14H9Cl2FO. The fourth-order valence-corrected chi connectivity index (χ4v) is 1.90. The second-order valence-corrected chi connectivity index (χ2v) is 4.67. The van der Waals surface area contributed by atoms with Crippen LogP contribution < -0.4 is 0 Å². The van der Waals surface area contributed by atoms with Crippen LogP contribution in [0.2, 0.25) is 10.0 Å². The van der Waals surface area contributed by atoms with Gasteiger partial charge in [-0.25, -0.2) is 4.39 Å². The van der Waals surface area contributed by atoms with E-state index >= 15 is 0 Å². The smallest absolute Gasteiger partial charge is 0.170 e. The van der Waals surface area contributed by atoms with Crippen molar-refractivity contribution in [2.24, 2.45) is 0 Å². The minimum atomic E-state index is -0.668. The second-order valence-electron chi connectivity index (χ2n) is 3.83. The van der Waals surface area contributed by atoms with Gasteiger partial charge in [-0.05, 0) is 29.8 Å². The largest absolute Gasteiger partial charge is 0.294 e. The molecule has 2 aromatic carbocycles. The van der Waals surface area contributed by atoms with Crippen LogP contribution in [-0.2, 0) is 6.42 Å². The normalized spacial score (nSPS) is 10.4. The maximum Gasteiger partial charge on any atom is 0.170 e. The standard InChI is InChI=1S/C14H9Cl2FO/c15-10-6-4-9(5-7-10)8-13(18)11-2-1-3-12(16)14(11)17/h1-7H,8H2. The molecule has 0 saturated heterocycles. The Labute approximate surface area is 114 Å². The summed E-state index contributed by atoms with van der Waals surface area (Å²) in [5.74, 6) is -0.976. The molecular weight excluding hydrogens is 274 g/mol. The molecule has 0 unspecified atom stereocenters. The van der Waals surface area contributed by atoms with Crippen molar-refractivity contribution in [2.45, 2.75) is 6.42 Å². The number of benzene rings is 2. The number of carbonyl (C=O) groups excluding carboxylic acids is 1. The van der Waals surface area contributed by atoms with E-state index in [0.29, 0.717) is 5.02 Å². The van der Waals surface area contributed by atoms with E-state index in [1.807, 2.05) is 0 Å². The zero-order chi connectivity index (χ0) is 13.1. The van der Waals surface area contributed by atoms with E-state index in [2.05, 4.69) is 0 Å². The van der Waals surface area contributed by atoms with Crippen LogP contribution in [0.1, 0.15) is 15.9 Å². The number of halogens is 3. The third-order valence-corrected chi connectivity index (χ3v) is 3.07. The van der Waals surface area contributed by atoms with Gasteiger partial charge in [0.15, 0.2) is 11.6 Å². The topological polar surface area (TPSA) is 17.1 Å². The van der Waals surface area contributed by atoms with E-state index in [-0.39, 0.29) is 22.8 Å². The summed E-state index contributed by atoms with van der Waals surface area (Å²) in [4.78, 5) is 11.9. The Bertz CT molecular complexity index is 579. The van der Waals surface area contributed by atoms with Gasteiger partial charge < -0.3 is 0 Å². The lowest BCUT2D eigenvalue weighted by molar-refractivity contribution is 0.0989. The van der Waals surface area contributed by atoms with Gasteiger partial charge in [0.1, 0.15) is 0 Å². The highest BCUT2D eigenvalue weighted by atomic mass is 35.5. The van der Waals surface area contributed by atoms with E-state index < -0.39 is 5.82 Å². The molecule has 0 heterocycles. The van der Waals surface area contributed by atoms with Gasteiger partial charge in [0.05, 0.1) is 10.6 Å². The molecule has 0 radical (unpaired) electrons. The molecule has 0 atom stereocenters. The van der Waals surface area contributed by atoms with Crippen LogP contribution in [0.4, 0.5) is 4.39 Å². The zero-order valence-electron chi connectivity index (χ0n) is 9.29. The summed E-state index contributed by atoms with van der Waals surface area (Å²) < 4.78 is 13.6. The lowest BCUT2D eigenvalue weighted by atomic mass is 10.0. The molecule has 2 aromatic rings. The van der Waals surface area contributed by atoms with Gasteiger partial charge in [-0.2, -0.15) is 0 Å². The molecule has 1 nitrogen and oxygen atoms in total. The second kappa shape index (κ2) is 5.51. The predicted molar refractivity (Wildman–Crippen MR) is 70.9 cm³/mol. The summed E-state index contributed by atoms with van der Waals surface area (Å²) in [6.45, 7) is 0. The van der Waals surface area contributed by atoms with Crippen molar-refractivity contribution in [2.75, 3.05) is 0 Å². The number of hydrogen-bond acceptors (Lipinski definition) is 1. The van der Waals surface area contributed by atoms with Crippen LogP contribution in [0.15, 0.2) is 42.5 Å². The molecule has 0 aliphatic heterocycles. The first kappa shape index (κ1) is 13.1. The van der Waals surface area contributed by atoms with Crippen LogP contribution in [0.5, 0.6) is 0 Å². The maximum atomic E-state index is 13.6. The molecule has 0 aliphatic carbocycles. The minimum Gasteiger partial charge on any atom is -0.294 e.